The van der Waals surface area contributed by atoms with Gasteiger partial charge in [-0.25, -0.2) is 14.4 Å². The first-order chi connectivity index (χ1) is 21.4. The van der Waals surface area contributed by atoms with E-state index < -0.39 is 17.6 Å². The van der Waals surface area contributed by atoms with Crippen molar-refractivity contribution in [3.8, 4) is 16.9 Å². The number of carbonyl (C=O) groups is 3. The number of esters is 3. The minimum atomic E-state index is -0.523. The normalized spacial score (nSPS) is 11.7. The van der Waals surface area contributed by atoms with Crippen molar-refractivity contribution in [3.63, 3.8) is 0 Å². The van der Waals surface area contributed by atoms with Crippen LogP contribution in [0.25, 0.3) is 22.1 Å². The molecule has 0 N–H and O–H groups in total. The second-order valence-electron chi connectivity index (χ2n) is 11.8. The molecule has 2 aromatic carbocycles. The molecule has 240 valence electrons. The van der Waals surface area contributed by atoms with Crippen molar-refractivity contribution in [1.29, 1.82) is 0 Å². The summed E-state index contributed by atoms with van der Waals surface area (Å²) in [5, 5.41) is 0.792. The quantitative estimate of drug-likeness (QED) is 0.0534. The van der Waals surface area contributed by atoms with Gasteiger partial charge in [0.15, 0.2) is 0 Å². The van der Waals surface area contributed by atoms with Crippen LogP contribution < -0.4 is 10.4 Å². The van der Waals surface area contributed by atoms with E-state index in [2.05, 4.69) is 19.2 Å². The Labute approximate surface area is 265 Å². The minimum Gasteiger partial charge on any atom is -0.465 e. The summed E-state index contributed by atoms with van der Waals surface area (Å²) < 4.78 is 21.8. The Balaban J connectivity index is 1.80. The number of aryl methyl sites for hydroxylation is 2. The average Bonchev–Trinajstić information content (AvgIpc) is 3.00. The Morgan fingerprint density at radius 1 is 0.800 bits per heavy atom. The van der Waals surface area contributed by atoms with Crippen molar-refractivity contribution in [1.82, 2.24) is 0 Å². The van der Waals surface area contributed by atoms with E-state index in [0.717, 1.165) is 42.2 Å². The minimum absolute atomic E-state index is 0.135. The summed E-state index contributed by atoms with van der Waals surface area (Å²) in [7, 11) is 0. The van der Waals surface area contributed by atoms with E-state index in [9.17, 15) is 19.2 Å². The highest BCUT2D eigenvalue weighted by molar-refractivity contribution is 5.89. The molecule has 0 aliphatic heterocycles. The van der Waals surface area contributed by atoms with Gasteiger partial charge in [0.1, 0.15) is 11.3 Å². The molecule has 0 saturated heterocycles. The third-order valence-corrected chi connectivity index (χ3v) is 7.59. The molecule has 0 radical (unpaired) electrons. The van der Waals surface area contributed by atoms with E-state index in [1.54, 1.807) is 38.1 Å². The van der Waals surface area contributed by atoms with E-state index in [4.69, 9.17) is 18.6 Å². The second-order valence-corrected chi connectivity index (χ2v) is 11.8. The zero-order valence-corrected chi connectivity index (χ0v) is 27.0. The van der Waals surface area contributed by atoms with Crippen LogP contribution >= 0.6 is 0 Å². The average molecular weight is 617 g/mol. The van der Waals surface area contributed by atoms with Crippen molar-refractivity contribution in [2.45, 2.75) is 73.1 Å². The van der Waals surface area contributed by atoms with Gasteiger partial charge in [0.2, 0.25) is 0 Å². The Morgan fingerprint density at radius 3 is 2.04 bits per heavy atom. The Morgan fingerprint density at radius 2 is 1.42 bits per heavy atom. The fraction of sp³-hybridized carbons (Fsp3) is 0.405. The first-order valence-corrected chi connectivity index (χ1v) is 15.4. The van der Waals surface area contributed by atoms with Gasteiger partial charge in [0.05, 0.1) is 24.7 Å². The van der Waals surface area contributed by atoms with Crippen LogP contribution in [-0.4, -0.2) is 31.1 Å². The molecule has 1 aromatic heterocycles. The molecule has 0 aliphatic carbocycles. The smallest absolute Gasteiger partial charge is 0.344 e. The molecule has 0 fully saturated rings. The van der Waals surface area contributed by atoms with Gasteiger partial charge in [-0.1, -0.05) is 52.1 Å². The lowest BCUT2D eigenvalue weighted by atomic mass is 9.97. The largest absolute Gasteiger partial charge is 0.465 e. The maximum atomic E-state index is 13.2. The predicted molar refractivity (Wildman–Crippen MR) is 175 cm³/mol. The number of ether oxygens (including phenoxy) is 3. The highest BCUT2D eigenvalue weighted by atomic mass is 16.5. The molecular weight excluding hydrogens is 572 g/mol. The molecule has 3 rings (SSSR count). The number of unbranched alkanes of at least 4 members (excludes halogenated alkanes) is 2. The molecule has 0 spiro atoms. The van der Waals surface area contributed by atoms with Gasteiger partial charge in [-0.3, -0.25) is 4.79 Å². The molecule has 0 amide bonds. The first-order valence-electron chi connectivity index (χ1n) is 15.4. The highest BCUT2D eigenvalue weighted by Crippen LogP contribution is 2.28. The Hall–Kier alpha value is -4.46. The predicted octanol–water partition coefficient (Wildman–Crippen LogP) is 7.54. The molecule has 1 atom stereocenters. The topological polar surface area (TPSA) is 109 Å². The van der Waals surface area contributed by atoms with Crippen LogP contribution in [0.15, 0.2) is 76.0 Å². The van der Waals surface area contributed by atoms with Gasteiger partial charge in [-0.15, -0.1) is 0 Å². The van der Waals surface area contributed by atoms with E-state index in [1.807, 2.05) is 32.9 Å². The third-order valence-electron chi connectivity index (χ3n) is 7.59. The van der Waals surface area contributed by atoms with Crippen molar-refractivity contribution >= 4 is 28.9 Å². The summed E-state index contributed by atoms with van der Waals surface area (Å²) in [5.74, 6) is -0.661. The zero-order valence-electron chi connectivity index (χ0n) is 27.0. The monoisotopic (exact) mass is 616 g/mol. The molecule has 1 heterocycles. The lowest BCUT2D eigenvalue weighted by molar-refractivity contribution is -0.149. The number of carbonyl (C=O) groups excluding carboxylic acids is 3. The second kappa shape index (κ2) is 16.6. The van der Waals surface area contributed by atoms with E-state index in [1.165, 1.54) is 0 Å². The lowest BCUT2D eigenvalue weighted by Crippen LogP contribution is -2.20. The summed E-state index contributed by atoms with van der Waals surface area (Å²) in [6.07, 6.45) is 4.31. The first kappa shape index (κ1) is 35.0. The van der Waals surface area contributed by atoms with Crippen molar-refractivity contribution in [2.75, 3.05) is 13.2 Å². The summed E-state index contributed by atoms with van der Waals surface area (Å²) >= 11 is 0. The molecule has 0 aliphatic rings. The number of rotatable bonds is 16. The molecule has 8 heteroatoms. The Bertz CT molecular complexity index is 1590. The highest BCUT2D eigenvalue weighted by Gasteiger charge is 2.18. The van der Waals surface area contributed by atoms with Crippen molar-refractivity contribution in [2.24, 2.45) is 11.8 Å². The molecule has 0 saturated carbocycles. The Kier molecular flexibility index (Phi) is 12.9. The van der Waals surface area contributed by atoms with Crippen LogP contribution in [0.1, 0.15) is 71.4 Å². The van der Waals surface area contributed by atoms with Crippen molar-refractivity contribution < 1.29 is 33.0 Å². The van der Waals surface area contributed by atoms with Crippen LogP contribution in [-0.2, 0) is 36.7 Å². The van der Waals surface area contributed by atoms with Crippen LogP contribution in [0.4, 0.5) is 0 Å². The van der Waals surface area contributed by atoms with Gasteiger partial charge in [-0.2, -0.15) is 0 Å². The van der Waals surface area contributed by atoms with Crippen LogP contribution in [0.3, 0.4) is 0 Å². The molecular formula is C37H44O8. The summed E-state index contributed by atoms with van der Waals surface area (Å²) in [6.45, 7) is 16.9. The maximum Gasteiger partial charge on any atom is 0.344 e. The van der Waals surface area contributed by atoms with E-state index in [0.29, 0.717) is 47.5 Å². The van der Waals surface area contributed by atoms with Gasteiger partial charge < -0.3 is 18.6 Å². The molecule has 3 aromatic rings. The van der Waals surface area contributed by atoms with Crippen LogP contribution in [0.5, 0.6) is 5.75 Å². The summed E-state index contributed by atoms with van der Waals surface area (Å²) in [5.41, 5.74) is 3.69. The molecule has 45 heavy (non-hydrogen) atoms. The van der Waals surface area contributed by atoms with Gasteiger partial charge in [0, 0.05) is 16.5 Å². The number of hydrogen-bond acceptors (Lipinski definition) is 8. The molecule has 0 bridgehead atoms. The van der Waals surface area contributed by atoms with Crippen LogP contribution in [0.2, 0.25) is 0 Å². The lowest BCUT2D eigenvalue weighted by Gasteiger charge is -2.14. The number of fused-ring (bicyclic) bond motifs is 1. The van der Waals surface area contributed by atoms with Gasteiger partial charge >= 0.3 is 23.5 Å². The maximum absolute atomic E-state index is 13.2. The van der Waals surface area contributed by atoms with Gasteiger partial charge in [0.25, 0.3) is 0 Å². The summed E-state index contributed by atoms with van der Waals surface area (Å²) in [4.78, 5) is 48.9. The zero-order chi connectivity index (χ0) is 33.1. The van der Waals surface area contributed by atoms with E-state index >= 15 is 0 Å². The summed E-state index contributed by atoms with van der Waals surface area (Å²) in [6, 6.07) is 12.6. The standard InChI is InChI=1S/C37H44O8/c1-23(2)26(7)36(40)43-19-10-8-12-27-20-29(13-9-11-18-42-34(38)24(3)4)33-30(21-27)22-32(37(41)45-33)28-14-16-31(17-15-28)44-35(39)25(5)6/h14-17,20-23,26H,3,5,8-13,18-19H2,1-2,4,6-7H3. The molecule has 1 unspecified atom stereocenters. The van der Waals surface area contributed by atoms with Gasteiger partial charge in [-0.05, 0) is 99.2 Å². The fourth-order valence-electron chi connectivity index (χ4n) is 4.52. The number of hydrogen-bond donors (Lipinski definition) is 0. The van der Waals surface area contributed by atoms with Crippen LogP contribution in [0, 0.1) is 11.8 Å². The molecule has 8 nitrogen and oxygen atoms in total. The fourth-order valence-corrected chi connectivity index (χ4v) is 4.52. The van der Waals surface area contributed by atoms with E-state index in [-0.39, 0.29) is 30.0 Å². The SMILES string of the molecule is C=C(C)C(=O)OCCCCc1cc(CCCCOC(=O)C(C)C(C)C)cc2cc(-c3ccc(OC(=O)C(=C)C)cc3)c(=O)oc12. The number of benzene rings is 2. The third kappa shape index (κ3) is 10.3. The van der Waals surface area contributed by atoms with Crippen molar-refractivity contribution in [3.05, 3.63) is 88.3 Å².